The topological polar surface area (TPSA) is 341 Å². The number of carbonyl (C=O) groups is 6. The molecule has 3 heterocycles. The van der Waals surface area contributed by atoms with Crippen molar-refractivity contribution in [2.75, 3.05) is 5.75 Å². The molecule has 0 N–H and O–H groups in total. The molecule has 3 rings (SSSR count). The van der Waals surface area contributed by atoms with Crippen LogP contribution < -0.4 is 37.7 Å². The van der Waals surface area contributed by atoms with E-state index in [9.17, 15) is 106 Å². The standard InChI is InChI=1S/C11H28O4SSi2.C6H10F6O6S2Si.C5H14O3SSi.C4F2O8P.C2BF2O4.2Li/c1-7-17(6,8-2)14-16(12,13)15-18(9-3,10-4)11-5;1-3-21(4-2,17-19(13,14)5(7,8)9)18-20(15,16)6(10,11)12;1-5-9(6,7)8-10(2,3)4;5-15(6,11-1(7)2(8)12-15)13-3(9)4(10)14-15;4-3(5)8-1(6)2(7)9-3;;/h7-11H2,1-6H3;3-4H2,1-2H3;5H2,1-4H3;;;;/q;;;2*-1;2*+1. The van der Waals surface area contributed by atoms with Crippen molar-refractivity contribution in [3.05, 3.63) is 0 Å². The van der Waals surface area contributed by atoms with Gasteiger partial charge in [-0.05, 0) is 75.4 Å². The third kappa shape index (κ3) is 24.7. The van der Waals surface area contributed by atoms with Crippen LogP contribution in [0.5, 0.6) is 0 Å². The molecule has 434 valence electrons. The first kappa shape index (κ1) is 79.8. The van der Waals surface area contributed by atoms with Crippen molar-refractivity contribution in [3.8, 4) is 0 Å². The second-order valence-electron chi connectivity index (χ2n) is 15.5. The molecule has 3 saturated heterocycles. The van der Waals surface area contributed by atoms with E-state index >= 15 is 0 Å². The van der Waals surface area contributed by atoms with Gasteiger partial charge in [-0.3, -0.25) is 15.5 Å². The van der Waals surface area contributed by atoms with Crippen molar-refractivity contribution in [2.24, 2.45) is 0 Å². The molecule has 0 radical (unpaired) electrons. The van der Waals surface area contributed by atoms with Crippen LogP contribution in [-0.2, 0) is 116 Å². The Balaban J connectivity index is -0.000000430. The minimum Gasteiger partial charge on any atom is 1.00 e. The zero-order chi connectivity index (χ0) is 58.8. The molecular weight excluding hydrogens is 1220 g/mol. The second kappa shape index (κ2) is 27.2. The number of halogens is 10. The Labute approximate surface area is 452 Å². The molecule has 0 unspecified atom stereocenters. The van der Waals surface area contributed by atoms with Crippen molar-refractivity contribution in [3.63, 3.8) is 0 Å². The predicted octanol–water partition coefficient (Wildman–Crippen LogP) is 0.447. The van der Waals surface area contributed by atoms with Gasteiger partial charge in [-0.2, -0.15) is 51.6 Å². The molecule has 3 aliphatic heterocycles. The van der Waals surface area contributed by atoms with E-state index in [4.69, 9.17) is 11.6 Å². The Hall–Kier alpha value is -1.72. The van der Waals surface area contributed by atoms with Crippen LogP contribution in [0.2, 0.25) is 68.5 Å². The monoisotopic (exact) mass is 1270 g/mol. The molecular formula is C28H52BF10Li2O25PS4Si4. The fourth-order valence-electron chi connectivity index (χ4n) is 4.50. The minimum atomic E-state index is -8.28. The van der Waals surface area contributed by atoms with Gasteiger partial charge in [0.05, 0.1) is 5.75 Å². The molecule has 0 aromatic rings. The smallest absolute Gasteiger partial charge is 1.00 e. The van der Waals surface area contributed by atoms with Gasteiger partial charge < -0.3 is 21.8 Å². The van der Waals surface area contributed by atoms with E-state index in [1.165, 1.54) is 0 Å². The molecule has 0 saturated carbocycles. The summed E-state index contributed by atoms with van der Waals surface area (Å²) in [6.07, 6.45) is 0. The Morgan fingerprint density at radius 1 is 0.480 bits per heavy atom. The van der Waals surface area contributed by atoms with Gasteiger partial charge in [0.15, 0.2) is 0 Å². The van der Waals surface area contributed by atoms with E-state index in [2.05, 4.69) is 35.1 Å². The van der Waals surface area contributed by atoms with Crippen molar-refractivity contribution in [1.29, 1.82) is 0 Å². The van der Waals surface area contributed by atoms with Gasteiger partial charge >= 0.3 is 184 Å². The van der Waals surface area contributed by atoms with Crippen LogP contribution in [0.15, 0.2) is 0 Å². The summed E-state index contributed by atoms with van der Waals surface area (Å²) < 4.78 is 255. The van der Waals surface area contributed by atoms with Gasteiger partial charge in [0.25, 0.3) is 10.1 Å². The van der Waals surface area contributed by atoms with Crippen LogP contribution in [0.3, 0.4) is 0 Å². The Kier molecular flexibility index (Phi) is 28.9. The number of hydrogen-bond donors (Lipinski definition) is 0. The first-order valence-corrected chi connectivity index (χ1v) is 39.2. The summed E-state index contributed by atoms with van der Waals surface area (Å²) >= 11 is 0. The van der Waals surface area contributed by atoms with Crippen molar-refractivity contribution in [1.82, 2.24) is 0 Å². The Bertz CT molecular complexity index is 2370. The quantitative estimate of drug-likeness (QED) is 0.0591. The van der Waals surface area contributed by atoms with Crippen LogP contribution in [0, 0.1) is 0 Å². The summed E-state index contributed by atoms with van der Waals surface area (Å²) in [6.45, 7) is 20.9. The maximum absolute atomic E-state index is 13.6. The molecule has 0 aromatic carbocycles. The first-order chi connectivity index (χ1) is 32.1. The number of carbonyl (C=O) groups excluding carboxylic acids is 6. The largest absolute Gasteiger partial charge is 1.00 e. The Morgan fingerprint density at radius 3 is 0.947 bits per heavy atom. The second-order valence-corrected chi connectivity index (χ2v) is 43.2. The fourth-order valence-corrected chi connectivity index (χ4v) is 25.1. The van der Waals surface area contributed by atoms with E-state index in [0.29, 0.717) is 0 Å². The van der Waals surface area contributed by atoms with Gasteiger partial charge in [-0.1, -0.05) is 48.5 Å². The molecule has 0 bridgehead atoms. The molecule has 1 spiro atoms. The molecule has 0 atom stereocenters. The zero-order valence-corrected chi connectivity index (χ0v) is 50.5. The number of alkyl halides is 6. The predicted molar refractivity (Wildman–Crippen MR) is 237 cm³/mol. The summed E-state index contributed by atoms with van der Waals surface area (Å²) in [5, 5.41) is 0. The van der Waals surface area contributed by atoms with Crippen molar-refractivity contribution < 1.29 is 190 Å². The van der Waals surface area contributed by atoms with E-state index in [1.54, 1.807) is 6.92 Å². The fraction of sp³-hybridized carbons (Fsp3) is 0.786. The Morgan fingerprint density at radius 2 is 0.773 bits per heavy atom. The summed E-state index contributed by atoms with van der Waals surface area (Å²) in [4.78, 5) is 61.4. The molecule has 0 amide bonds. The van der Waals surface area contributed by atoms with Crippen LogP contribution in [-0.4, -0.2) is 127 Å². The van der Waals surface area contributed by atoms with E-state index < -0.39 is 148 Å². The van der Waals surface area contributed by atoms with Gasteiger partial charge in [-0.25, -0.2) is 18.0 Å². The molecule has 0 aromatic heterocycles. The third-order valence-electron chi connectivity index (χ3n) is 8.95. The molecule has 25 nitrogen and oxygen atoms in total. The number of hydrogen-bond acceptors (Lipinski definition) is 25. The van der Waals surface area contributed by atoms with Crippen LogP contribution >= 0.6 is 7.47 Å². The third-order valence-corrected chi connectivity index (χ3v) is 33.8. The average Bonchev–Trinajstić information content (AvgIpc) is 3.66. The molecule has 75 heavy (non-hydrogen) atoms. The van der Waals surface area contributed by atoms with Crippen molar-refractivity contribution >= 4 is 125 Å². The van der Waals surface area contributed by atoms with E-state index in [0.717, 1.165) is 44.1 Å². The normalized spacial score (nSPS) is 19.0. The van der Waals surface area contributed by atoms with E-state index in [-0.39, 0.29) is 43.5 Å². The number of rotatable bonds is 18. The average molecular weight is 1270 g/mol. The molecule has 3 aliphatic rings. The van der Waals surface area contributed by atoms with Gasteiger partial charge in [0.1, 0.15) is 0 Å². The molecule has 0 aliphatic carbocycles. The van der Waals surface area contributed by atoms with Crippen LogP contribution in [0.25, 0.3) is 0 Å². The summed E-state index contributed by atoms with van der Waals surface area (Å²) in [5.41, 5.74) is -11.8. The summed E-state index contributed by atoms with van der Waals surface area (Å²) in [7, 11) is -43.6. The van der Waals surface area contributed by atoms with Gasteiger partial charge in [0.2, 0.25) is 25.0 Å². The molecule has 3 fully saturated rings. The zero-order valence-electron chi connectivity index (χ0n) is 42.3. The van der Waals surface area contributed by atoms with Crippen LogP contribution in [0.1, 0.15) is 55.4 Å². The molecule has 47 heteroatoms. The minimum absolute atomic E-state index is 0. The summed E-state index contributed by atoms with van der Waals surface area (Å²) in [6, 6.07) is 2.44. The van der Waals surface area contributed by atoms with Crippen LogP contribution in [0.4, 0.5) is 43.4 Å². The maximum Gasteiger partial charge on any atom is 1.00 e. The summed E-state index contributed by atoms with van der Waals surface area (Å²) in [5.74, 6) is -11.7. The van der Waals surface area contributed by atoms with E-state index in [1.807, 2.05) is 60.8 Å². The maximum atomic E-state index is 13.6. The van der Waals surface area contributed by atoms with Crippen molar-refractivity contribution in [2.45, 2.75) is 135 Å². The van der Waals surface area contributed by atoms with Gasteiger partial charge in [0, 0.05) is 0 Å². The van der Waals surface area contributed by atoms with Gasteiger partial charge in [-0.15, -0.1) is 0 Å². The first-order valence-electron chi connectivity index (χ1n) is 20.3. The SMILES string of the molecule is CCS(=O)(=O)O[Si](C)(C)C.CC[Si](C)(CC)OS(=O)(=O)O[Si](CC)(CC)CC.CC[Si](CC)(OS(=O)(=O)C(F)(F)F)OS(=O)(=O)C(F)(F)F.O=C1O[B-](F)(F)OC1=O.O=C1O[P-]2(F)(F)(OC1=O)OC(=O)C(=O)O2.[Li+].[Li+].